The van der Waals surface area contributed by atoms with Crippen molar-refractivity contribution in [1.82, 2.24) is 0 Å². The SMILES string of the molecule is OC(Cc1ccco1)C1(O)CCCCC1. The second-order valence-electron chi connectivity index (χ2n) is 4.46. The Morgan fingerprint density at radius 2 is 2.07 bits per heavy atom. The van der Waals surface area contributed by atoms with Crippen LogP contribution in [0.3, 0.4) is 0 Å². The Balaban J connectivity index is 1.97. The highest BCUT2D eigenvalue weighted by Crippen LogP contribution is 2.32. The highest BCUT2D eigenvalue weighted by atomic mass is 16.3. The van der Waals surface area contributed by atoms with E-state index in [1.54, 1.807) is 12.3 Å². The fourth-order valence-electron chi connectivity index (χ4n) is 2.31. The van der Waals surface area contributed by atoms with Crippen LogP contribution in [0.1, 0.15) is 37.9 Å². The Morgan fingerprint density at radius 3 is 2.67 bits per heavy atom. The number of aliphatic hydroxyl groups excluding tert-OH is 1. The zero-order valence-electron chi connectivity index (χ0n) is 8.85. The van der Waals surface area contributed by atoms with Crippen molar-refractivity contribution in [2.45, 2.75) is 50.2 Å². The van der Waals surface area contributed by atoms with Crippen LogP contribution in [0, 0.1) is 0 Å². The van der Waals surface area contributed by atoms with Crippen molar-refractivity contribution in [2.75, 3.05) is 0 Å². The van der Waals surface area contributed by atoms with Crippen LogP contribution < -0.4 is 0 Å². The van der Waals surface area contributed by atoms with Crippen LogP contribution in [0.4, 0.5) is 0 Å². The molecule has 1 saturated carbocycles. The van der Waals surface area contributed by atoms with Crippen molar-refractivity contribution in [3.05, 3.63) is 24.2 Å². The van der Waals surface area contributed by atoms with Crippen LogP contribution in [0.25, 0.3) is 0 Å². The average molecular weight is 210 g/mol. The zero-order valence-corrected chi connectivity index (χ0v) is 8.85. The van der Waals surface area contributed by atoms with Crippen LogP contribution in [-0.2, 0) is 6.42 Å². The van der Waals surface area contributed by atoms with Crippen molar-refractivity contribution in [3.8, 4) is 0 Å². The molecule has 0 spiro atoms. The van der Waals surface area contributed by atoms with Gasteiger partial charge < -0.3 is 14.6 Å². The first-order chi connectivity index (χ1) is 7.21. The van der Waals surface area contributed by atoms with Gasteiger partial charge in [0, 0.05) is 6.42 Å². The molecule has 0 saturated heterocycles. The molecule has 15 heavy (non-hydrogen) atoms. The fraction of sp³-hybridized carbons (Fsp3) is 0.667. The molecule has 0 amide bonds. The molecule has 2 rings (SSSR count). The predicted octanol–water partition coefficient (Wildman–Crippen LogP) is 1.88. The Kier molecular flexibility index (Phi) is 3.12. The van der Waals surface area contributed by atoms with E-state index in [1.807, 2.05) is 6.07 Å². The molecule has 1 aliphatic carbocycles. The van der Waals surface area contributed by atoms with E-state index in [4.69, 9.17) is 4.42 Å². The van der Waals surface area contributed by atoms with Gasteiger partial charge >= 0.3 is 0 Å². The summed E-state index contributed by atoms with van der Waals surface area (Å²) in [5.41, 5.74) is -0.898. The van der Waals surface area contributed by atoms with Gasteiger partial charge in [-0.05, 0) is 25.0 Å². The van der Waals surface area contributed by atoms with Crippen LogP contribution >= 0.6 is 0 Å². The third kappa shape index (κ3) is 2.41. The summed E-state index contributed by atoms with van der Waals surface area (Å²) in [6.07, 6.45) is 5.87. The number of hydrogen-bond donors (Lipinski definition) is 2. The summed E-state index contributed by atoms with van der Waals surface area (Å²) in [4.78, 5) is 0. The van der Waals surface area contributed by atoms with E-state index in [9.17, 15) is 10.2 Å². The van der Waals surface area contributed by atoms with Gasteiger partial charge in [-0.2, -0.15) is 0 Å². The van der Waals surface area contributed by atoms with E-state index < -0.39 is 11.7 Å². The molecule has 1 unspecified atom stereocenters. The Labute approximate surface area is 89.7 Å². The minimum atomic E-state index is -0.898. The van der Waals surface area contributed by atoms with Crippen molar-refractivity contribution < 1.29 is 14.6 Å². The molecule has 1 atom stereocenters. The summed E-state index contributed by atoms with van der Waals surface area (Å²) in [6, 6.07) is 3.63. The molecular formula is C12H18O3. The van der Waals surface area contributed by atoms with E-state index in [1.165, 1.54) is 0 Å². The van der Waals surface area contributed by atoms with Gasteiger partial charge in [-0.15, -0.1) is 0 Å². The maximum Gasteiger partial charge on any atom is 0.106 e. The van der Waals surface area contributed by atoms with Gasteiger partial charge in [-0.3, -0.25) is 0 Å². The van der Waals surface area contributed by atoms with Gasteiger partial charge in [0.25, 0.3) is 0 Å². The summed E-state index contributed by atoms with van der Waals surface area (Å²) >= 11 is 0. The van der Waals surface area contributed by atoms with Crippen LogP contribution in [0.2, 0.25) is 0 Å². The first-order valence-corrected chi connectivity index (χ1v) is 5.63. The Bertz CT molecular complexity index is 286. The molecule has 3 heteroatoms. The van der Waals surface area contributed by atoms with Crippen LogP contribution in [0.15, 0.2) is 22.8 Å². The third-order valence-electron chi connectivity index (χ3n) is 3.31. The second-order valence-corrected chi connectivity index (χ2v) is 4.46. The number of furan rings is 1. The summed E-state index contributed by atoms with van der Waals surface area (Å²) in [5.74, 6) is 0.737. The van der Waals surface area contributed by atoms with Crippen LogP contribution in [-0.4, -0.2) is 21.9 Å². The van der Waals surface area contributed by atoms with Gasteiger partial charge in [-0.1, -0.05) is 19.3 Å². The average Bonchev–Trinajstić information content (AvgIpc) is 2.71. The van der Waals surface area contributed by atoms with E-state index in [-0.39, 0.29) is 0 Å². The monoisotopic (exact) mass is 210 g/mol. The van der Waals surface area contributed by atoms with E-state index >= 15 is 0 Å². The van der Waals surface area contributed by atoms with Crippen molar-refractivity contribution in [1.29, 1.82) is 0 Å². The largest absolute Gasteiger partial charge is 0.469 e. The Morgan fingerprint density at radius 1 is 1.33 bits per heavy atom. The molecule has 84 valence electrons. The molecule has 0 radical (unpaired) electrons. The normalized spacial score (nSPS) is 22.5. The summed E-state index contributed by atoms with van der Waals surface area (Å²) in [6.45, 7) is 0. The highest BCUT2D eigenvalue weighted by Gasteiger charge is 2.36. The van der Waals surface area contributed by atoms with Crippen LogP contribution in [0.5, 0.6) is 0 Å². The van der Waals surface area contributed by atoms with Gasteiger partial charge in [-0.25, -0.2) is 0 Å². The molecule has 1 heterocycles. The van der Waals surface area contributed by atoms with E-state index in [0.717, 1.165) is 25.0 Å². The minimum absolute atomic E-state index is 0.406. The maximum absolute atomic E-state index is 10.2. The molecule has 1 aliphatic rings. The van der Waals surface area contributed by atoms with E-state index in [2.05, 4.69) is 0 Å². The smallest absolute Gasteiger partial charge is 0.106 e. The van der Waals surface area contributed by atoms with Gasteiger partial charge in [0.1, 0.15) is 5.76 Å². The maximum atomic E-state index is 10.2. The molecule has 1 aromatic heterocycles. The lowest BCUT2D eigenvalue weighted by Gasteiger charge is -2.36. The van der Waals surface area contributed by atoms with Gasteiger partial charge in [0.2, 0.25) is 0 Å². The van der Waals surface area contributed by atoms with Crippen molar-refractivity contribution in [2.24, 2.45) is 0 Å². The zero-order chi connectivity index (χ0) is 10.7. The topological polar surface area (TPSA) is 53.6 Å². The summed E-state index contributed by atoms with van der Waals surface area (Å²) in [5, 5.41) is 20.2. The molecule has 2 N–H and O–H groups in total. The van der Waals surface area contributed by atoms with Crippen molar-refractivity contribution in [3.63, 3.8) is 0 Å². The number of aliphatic hydroxyl groups is 2. The molecular weight excluding hydrogens is 192 g/mol. The van der Waals surface area contributed by atoms with Gasteiger partial charge in [0.05, 0.1) is 18.0 Å². The van der Waals surface area contributed by atoms with Gasteiger partial charge in [0.15, 0.2) is 0 Å². The Hall–Kier alpha value is -0.800. The standard InChI is InChI=1S/C12H18O3/c13-11(9-10-5-4-8-15-10)12(14)6-2-1-3-7-12/h4-5,8,11,13-14H,1-3,6-7,9H2. The number of hydrogen-bond acceptors (Lipinski definition) is 3. The third-order valence-corrected chi connectivity index (χ3v) is 3.31. The molecule has 0 aliphatic heterocycles. The lowest BCUT2D eigenvalue weighted by Crippen LogP contribution is -2.45. The number of rotatable bonds is 3. The summed E-state index contributed by atoms with van der Waals surface area (Å²) < 4.78 is 5.17. The fourth-order valence-corrected chi connectivity index (χ4v) is 2.31. The first-order valence-electron chi connectivity index (χ1n) is 5.63. The predicted molar refractivity (Wildman–Crippen MR) is 56.5 cm³/mol. The first kappa shape index (κ1) is 10.7. The molecule has 1 fully saturated rings. The van der Waals surface area contributed by atoms with E-state index in [0.29, 0.717) is 19.3 Å². The second kappa shape index (κ2) is 4.37. The summed E-state index contributed by atoms with van der Waals surface area (Å²) in [7, 11) is 0. The molecule has 0 aromatic carbocycles. The highest BCUT2D eigenvalue weighted by molar-refractivity contribution is 5.03. The lowest BCUT2D eigenvalue weighted by atomic mass is 9.79. The molecule has 1 aromatic rings. The quantitative estimate of drug-likeness (QED) is 0.800. The lowest BCUT2D eigenvalue weighted by molar-refractivity contribution is -0.0975. The molecule has 3 nitrogen and oxygen atoms in total. The van der Waals surface area contributed by atoms with Crippen molar-refractivity contribution >= 4 is 0 Å². The minimum Gasteiger partial charge on any atom is -0.469 e. The molecule has 0 bridgehead atoms.